The molecule has 2 aromatic carbocycles. The van der Waals surface area contributed by atoms with Gasteiger partial charge in [0.05, 0.1) is 4.92 Å². The summed E-state index contributed by atoms with van der Waals surface area (Å²) in [5.41, 5.74) is 3.23. The number of nitrogens with zero attached hydrogens (tertiary/aromatic N) is 1. The fourth-order valence-electron chi connectivity index (χ4n) is 2.30. The summed E-state index contributed by atoms with van der Waals surface area (Å²) in [5.74, 6) is 0. The van der Waals surface area contributed by atoms with Gasteiger partial charge in [0.1, 0.15) is 0 Å². The molecule has 21 heavy (non-hydrogen) atoms. The number of nitro benzene ring substituents is 1. The van der Waals surface area contributed by atoms with E-state index in [1.165, 1.54) is 17.2 Å². The van der Waals surface area contributed by atoms with Crippen molar-refractivity contribution in [2.24, 2.45) is 0 Å². The van der Waals surface area contributed by atoms with Crippen LogP contribution in [0, 0.1) is 17.0 Å². The van der Waals surface area contributed by atoms with E-state index >= 15 is 0 Å². The minimum absolute atomic E-state index is 0.133. The predicted octanol–water partition coefficient (Wildman–Crippen LogP) is 4.52. The molecule has 0 aliphatic carbocycles. The Morgan fingerprint density at radius 2 is 2.00 bits per heavy atom. The van der Waals surface area contributed by atoms with E-state index in [2.05, 4.69) is 47.2 Å². The lowest BCUT2D eigenvalue weighted by molar-refractivity contribution is -0.385. The first-order valence-corrected chi connectivity index (χ1v) is 7.50. The van der Waals surface area contributed by atoms with Crippen LogP contribution in [0.2, 0.25) is 0 Å². The van der Waals surface area contributed by atoms with E-state index in [4.69, 9.17) is 0 Å². The molecule has 0 saturated carbocycles. The van der Waals surface area contributed by atoms with Gasteiger partial charge >= 0.3 is 0 Å². The van der Waals surface area contributed by atoms with Gasteiger partial charge in [0.15, 0.2) is 0 Å². The summed E-state index contributed by atoms with van der Waals surface area (Å²) in [7, 11) is 0. The molecule has 0 heterocycles. The van der Waals surface area contributed by atoms with Crippen molar-refractivity contribution in [1.29, 1.82) is 0 Å². The largest absolute Gasteiger partial charge is 0.306 e. The second-order valence-corrected chi connectivity index (χ2v) is 5.90. The first kappa shape index (κ1) is 15.7. The molecule has 2 aromatic rings. The molecular formula is C16H17BrN2O2. The molecule has 0 saturated heterocycles. The summed E-state index contributed by atoms with van der Waals surface area (Å²) < 4.78 is 0.713. The van der Waals surface area contributed by atoms with Gasteiger partial charge in [-0.3, -0.25) is 10.1 Å². The fraction of sp³-hybridized carbons (Fsp3) is 0.250. The minimum Gasteiger partial charge on any atom is -0.306 e. The Bertz CT molecular complexity index is 658. The average Bonchev–Trinajstić information content (AvgIpc) is 2.46. The molecule has 0 aromatic heterocycles. The Balaban J connectivity index is 2.13. The van der Waals surface area contributed by atoms with Crippen molar-refractivity contribution in [3.8, 4) is 0 Å². The van der Waals surface area contributed by atoms with Crippen LogP contribution in [-0.2, 0) is 6.54 Å². The van der Waals surface area contributed by atoms with Gasteiger partial charge in [0.2, 0.25) is 0 Å². The number of halogens is 1. The Hall–Kier alpha value is -1.72. The van der Waals surface area contributed by atoms with Crippen molar-refractivity contribution in [1.82, 2.24) is 5.32 Å². The number of aryl methyl sites for hydroxylation is 1. The summed E-state index contributed by atoms with van der Waals surface area (Å²) in [5, 5.41) is 14.5. The smallest absolute Gasteiger partial charge is 0.275 e. The van der Waals surface area contributed by atoms with Gasteiger partial charge in [0, 0.05) is 28.7 Å². The van der Waals surface area contributed by atoms with Gasteiger partial charge in [-0.25, -0.2) is 0 Å². The van der Waals surface area contributed by atoms with E-state index in [0.29, 0.717) is 16.6 Å². The number of hydrogen-bond donors (Lipinski definition) is 1. The second-order valence-electron chi connectivity index (χ2n) is 4.99. The summed E-state index contributed by atoms with van der Waals surface area (Å²) in [6.45, 7) is 4.59. The summed E-state index contributed by atoms with van der Waals surface area (Å²) in [4.78, 5) is 10.8. The maximum atomic E-state index is 11.1. The molecule has 0 aliphatic rings. The molecule has 1 atom stereocenters. The zero-order valence-corrected chi connectivity index (χ0v) is 13.6. The third-order valence-corrected chi connectivity index (χ3v) is 3.99. The summed E-state index contributed by atoms with van der Waals surface area (Å²) >= 11 is 3.27. The lowest BCUT2D eigenvalue weighted by Crippen LogP contribution is -2.19. The zero-order chi connectivity index (χ0) is 15.4. The monoisotopic (exact) mass is 348 g/mol. The van der Waals surface area contributed by atoms with Crippen molar-refractivity contribution in [3.05, 3.63) is 73.7 Å². The van der Waals surface area contributed by atoms with E-state index < -0.39 is 0 Å². The molecule has 5 heteroatoms. The van der Waals surface area contributed by atoms with Gasteiger partial charge in [-0.15, -0.1) is 0 Å². The topological polar surface area (TPSA) is 55.2 Å². The van der Waals surface area contributed by atoms with Crippen LogP contribution in [0.15, 0.2) is 46.9 Å². The van der Waals surface area contributed by atoms with Crippen LogP contribution in [0.25, 0.3) is 0 Å². The highest BCUT2D eigenvalue weighted by Gasteiger charge is 2.15. The van der Waals surface area contributed by atoms with Crippen molar-refractivity contribution in [2.75, 3.05) is 0 Å². The number of benzene rings is 2. The molecule has 1 N–H and O–H groups in total. The first-order chi connectivity index (χ1) is 9.99. The van der Waals surface area contributed by atoms with Crippen molar-refractivity contribution in [3.63, 3.8) is 0 Å². The van der Waals surface area contributed by atoms with Gasteiger partial charge in [-0.05, 0) is 37.1 Å². The third kappa shape index (κ3) is 3.89. The lowest BCUT2D eigenvalue weighted by Gasteiger charge is -2.16. The fourth-order valence-corrected chi connectivity index (χ4v) is 2.65. The Morgan fingerprint density at radius 1 is 1.29 bits per heavy atom. The number of rotatable bonds is 5. The van der Waals surface area contributed by atoms with E-state index in [9.17, 15) is 10.1 Å². The van der Waals surface area contributed by atoms with Crippen LogP contribution < -0.4 is 5.32 Å². The van der Waals surface area contributed by atoms with Crippen LogP contribution in [0.3, 0.4) is 0 Å². The maximum Gasteiger partial charge on any atom is 0.275 e. The maximum absolute atomic E-state index is 11.1. The van der Waals surface area contributed by atoms with E-state index in [0.717, 1.165) is 0 Å². The molecule has 0 aliphatic heterocycles. The quantitative estimate of drug-likeness (QED) is 0.638. The van der Waals surface area contributed by atoms with E-state index in [1.807, 2.05) is 18.2 Å². The Kier molecular flexibility index (Phi) is 5.09. The van der Waals surface area contributed by atoms with E-state index in [1.54, 1.807) is 6.07 Å². The van der Waals surface area contributed by atoms with Crippen LogP contribution in [0.1, 0.15) is 29.7 Å². The zero-order valence-electron chi connectivity index (χ0n) is 12.0. The normalized spacial score (nSPS) is 12.1. The SMILES string of the molecule is Cc1ccccc1[C@H](C)NCc1ccc(Br)cc1[N+](=O)[O-]. The molecule has 0 amide bonds. The molecule has 0 unspecified atom stereocenters. The molecule has 0 radical (unpaired) electrons. The molecule has 0 spiro atoms. The molecule has 0 fully saturated rings. The van der Waals surface area contributed by atoms with Gasteiger partial charge in [-0.2, -0.15) is 0 Å². The molecule has 110 valence electrons. The number of hydrogen-bond acceptors (Lipinski definition) is 3. The van der Waals surface area contributed by atoms with Gasteiger partial charge in [0.25, 0.3) is 5.69 Å². The summed E-state index contributed by atoms with van der Waals surface area (Å²) in [6, 6.07) is 13.4. The van der Waals surface area contributed by atoms with Crippen molar-refractivity contribution in [2.45, 2.75) is 26.4 Å². The van der Waals surface area contributed by atoms with E-state index in [-0.39, 0.29) is 16.7 Å². The van der Waals surface area contributed by atoms with Crippen LogP contribution in [0.4, 0.5) is 5.69 Å². The second kappa shape index (κ2) is 6.83. The van der Waals surface area contributed by atoms with Gasteiger partial charge < -0.3 is 5.32 Å². The molecular weight excluding hydrogens is 332 g/mol. The first-order valence-electron chi connectivity index (χ1n) is 6.70. The highest BCUT2D eigenvalue weighted by atomic mass is 79.9. The number of nitrogens with one attached hydrogen (secondary N) is 1. The number of nitro groups is 1. The van der Waals surface area contributed by atoms with Crippen LogP contribution >= 0.6 is 15.9 Å². The third-order valence-electron chi connectivity index (χ3n) is 3.50. The Morgan fingerprint density at radius 3 is 2.67 bits per heavy atom. The highest BCUT2D eigenvalue weighted by Crippen LogP contribution is 2.24. The summed E-state index contributed by atoms with van der Waals surface area (Å²) in [6.07, 6.45) is 0. The van der Waals surface area contributed by atoms with Crippen LogP contribution in [-0.4, -0.2) is 4.92 Å². The van der Waals surface area contributed by atoms with Gasteiger partial charge in [-0.1, -0.05) is 40.2 Å². The molecule has 4 nitrogen and oxygen atoms in total. The average molecular weight is 349 g/mol. The van der Waals surface area contributed by atoms with Crippen molar-refractivity contribution < 1.29 is 4.92 Å². The predicted molar refractivity (Wildman–Crippen MR) is 87.2 cm³/mol. The van der Waals surface area contributed by atoms with Crippen molar-refractivity contribution >= 4 is 21.6 Å². The standard InChI is InChI=1S/C16H17BrN2O2/c1-11-5-3-4-6-15(11)12(2)18-10-13-7-8-14(17)9-16(13)19(20)21/h3-9,12,18H,10H2,1-2H3/t12-/m0/s1. The molecule has 2 rings (SSSR count). The highest BCUT2D eigenvalue weighted by molar-refractivity contribution is 9.10. The molecule has 0 bridgehead atoms. The Labute approximate surface area is 132 Å². The minimum atomic E-state index is -0.347. The van der Waals surface area contributed by atoms with Crippen LogP contribution in [0.5, 0.6) is 0 Å². The lowest BCUT2D eigenvalue weighted by atomic mass is 10.0.